The second-order valence-corrected chi connectivity index (χ2v) is 6.37. The number of rotatable bonds is 3. The Morgan fingerprint density at radius 2 is 1.84 bits per heavy atom. The Kier molecular flexibility index (Phi) is 3.99. The van der Waals surface area contributed by atoms with Gasteiger partial charge in [-0.1, -0.05) is 12.1 Å². The van der Waals surface area contributed by atoms with Crippen LogP contribution in [0, 0.1) is 0 Å². The molecule has 2 aromatic carbocycles. The molecule has 3 N–H and O–H groups in total. The maximum Gasteiger partial charge on any atom is 0.244 e. The highest BCUT2D eigenvalue weighted by atomic mass is 16.5. The molecule has 1 saturated heterocycles. The number of anilines is 1. The molecule has 6 nitrogen and oxygen atoms in total. The van der Waals surface area contributed by atoms with Crippen molar-refractivity contribution in [1.29, 1.82) is 0 Å². The van der Waals surface area contributed by atoms with E-state index < -0.39 is 5.54 Å². The zero-order valence-corrected chi connectivity index (χ0v) is 13.8. The highest BCUT2D eigenvalue weighted by Gasteiger charge is 2.35. The molecule has 0 saturated carbocycles. The van der Waals surface area contributed by atoms with Gasteiger partial charge in [-0.25, -0.2) is 4.98 Å². The molecule has 0 aliphatic carbocycles. The number of hydrogen-bond donors (Lipinski definition) is 2. The zero-order chi connectivity index (χ0) is 17.3. The number of amides is 1. The summed E-state index contributed by atoms with van der Waals surface area (Å²) in [5, 5.41) is 2.92. The van der Waals surface area contributed by atoms with E-state index in [1.165, 1.54) is 0 Å². The lowest BCUT2D eigenvalue weighted by Crippen LogP contribution is -2.54. The van der Waals surface area contributed by atoms with Gasteiger partial charge in [0.2, 0.25) is 5.91 Å². The van der Waals surface area contributed by atoms with Gasteiger partial charge in [0.05, 0.1) is 11.0 Å². The molecule has 1 fully saturated rings. The average molecular weight is 336 g/mol. The summed E-state index contributed by atoms with van der Waals surface area (Å²) in [7, 11) is 0. The van der Waals surface area contributed by atoms with Crippen molar-refractivity contribution < 1.29 is 9.53 Å². The van der Waals surface area contributed by atoms with E-state index in [1.54, 1.807) is 6.33 Å². The van der Waals surface area contributed by atoms with E-state index in [9.17, 15) is 4.79 Å². The molecule has 3 aromatic rings. The van der Waals surface area contributed by atoms with Gasteiger partial charge in [-0.2, -0.15) is 0 Å². The van der Waals surface area contributed by atoms with E-state index in [0.717, 1.165) is 22.4 Å². The number of imidazole rings is 1. The molecule has 0 unspecified atom stereocenters. The predicted molar refractivity (Wildman–Crippen MR) is 96.7 cm³/mol. The first-order chi connectivity index (χ1) is 12.2. The van der Waals surface area contributed by atoms with Crippen molar-refractivity contribution in [3.8, 4) is 5.69 Å². The first-order valence-electron chi connectivity index (χ1n) is 8.36. The first kappa shape index (κ1) is 15.8. The summed E-state index contributed by atoms with van der Waals surface area (Å²) >= 11 is 0. The lowest BCUT2D eigenvalue weighted by molar-refractivity contribution is -0.124. The van der Waals surface area contributed by atoms with Gasteiger partial charge in [0.25, 0.3) is 0 Å². The van der Waals surface area contributed by atoms with Crippen LogP contribution in [0.4, 0.5) is 5.69 Å². The van der Waals surface area contributed by atoms with Gasteiger partial charge >= 0.3 is 0 Å². The van der Waals surface area contributed by atoms with Crippen LogP contribution in [0.25, 0.3) is 16.7 Å². The molecule has 4 rings (SSSR count). The van der Waals surface area contributed by atoms with Crippen molar-refractivity contribution >= 4 is 22.6 Å². The molecule has 1 amide bonds. The summed E-state index contributed by atoms with van der Waals surface area (Å²) in [6.45, 7) is 1.05. The van der Waals surface area contributed by atoms with Crippen molar-refractivity contribution in [3.63, 3.8) is 0 Å². The summed E-state index contributed by atoms with van der Waals surface area (Å²) < 4.78 is 7.31. The Bertz CT molecular complexity index is 895. The number of para-hydroxylation sites is 2. The molecule has 0 radical (unpaired) electrons. The molecule has 2 heterocycles. The van der Waals surface area contributed by atoms with Gasteiger partial charge in [0, 0.05) is 24.6 Å². The predicted octanol–water partition coefficient (Wildman–Crippen LogP) is 2.47. The van der Waals surface area contributed by atoms with Gasteiger partial charge in [-0.05, 0) is 49.2 Å². The number of benzene rings is 2. The minimum Gasteiger partial charge on any atom is -0.381 e. The van der Waals surface area contributed by atoms with Gasteiger partial charge < -0.3 is 15.8 Å². The summed E-state index contributed by atoms with van der Waals surface area (Å²) in [5.74, 6) is -0.156. The number of ether oxygens (including phenoxy) is 1. The van der Waals surface area contributed by atoms with Crippen LogP contribution < -0.4 is 11.1 Å². The Morgan fingerprint density at radius 3 is 2.60 bits per heavy atom. The van der Waals surface area contributed by atoms with Crippen molar-refractivity contribution in [2.24, 2.45) is 5.73 Å². The van der Waals surface area contributed by atoms with Crippen LogP contribution in [0.1, 0.15) is 12.8 Å². The highest BCUT2D eigenvalue weighted by Crippen LogP contribution is 2.22. The molecule has 0 spiro atoms. The largest absolute Gasteiger partial charge is 0.381 e. The molecule has 128 valence electrons. The molecule has 25 heavy (non-hydrogen) atoms. The maximum atomic E-state index is 12.5. The summed E-state index contributed by atoms with van der Waals surface area (Å²) in [4.78, 5) is 16.9. The maximum absolute atomic E-state index is 12.5. The van der Waals surface area contributed by atoms with Crippen LogP contribution in [-0.2, 0) is 9.53 Å². The van der Waals surface area contributed by atoms with Crippen molar-refractivity contribution in [3.05, 3.63) is 54.9 Å². The number of fused-ring (bicyclic) bond motifs is 1. The van der Waals surface area contributed by atoms with Crippen molar-refractivity contribution in [2.75, 3.05) is 18.5 Å². The molecular weight excluding hydrogens is 316 g/mol. The SMILES string of the molecule is NC1(C(=O)Nc2ccc(-n3cnc4ccccc43)cc2)CCOCC1. The smallest absolute Gasteiger partial charge is 0.244 e. The van der Waals surface area contributed by atoms with Crippen LogP contribution in [0.15, 0.2) is 54.9 Å². The number of carbonyl (C=O) groups is 1. The summed E-state index contributed by atoms with van der Waals surface area (Å²) in [6.07, 6.45) is 2.88. The first-order valence-corrected chi connectivity index (χ1v) is 8.36. The van der Waals surface area contributed by atoms with Crippen LogP contribution in [0.2, 0.25) is 0 Å². The Balaban J connectivity index is 1.53. The van der Waals surface area contributed by atoms with Crippen LogP contribution >= 0.6 is 0 Å². The van der Waals surface area contributed by atoms with Crippen LogP contribution in [0.5, 0.6) is 0 Å². The number of carbonyl (C=O) groups excluding carboxylic acids is 1. The Morgan fingerprint density at radius 1 is 1.12 bits per heavy atom. The van der Waals surface area contributed by atoms with E-state index in [-0.39, 0.29) is 5.91 Å². The molecular formula is C19H20N4O2. The fourth-order valence-corrected chi connectivity index (χ4v) is 3.09. The van der Waals surface area contributed by atoms with Gasteiger partial charge in [0.1, 0.15) is 11.9 Å². The number of nitrogens with zero attached hydrogens (tertiary/aromatic N) is 2. The number of aromatic nitrogens is 2. The van der Waals surface area contributed by atoms with E-state index in [0.29, 0.717) is 26.1 Å². The van der Waals surface area contributed by atoms with E-state index in [4.69, 9.17) is 10.5 Å². The van der Waals surface area contributed by atoms with Gasteiger partial charge in [-0.15, -0.1) is 0 Å². The fourth-order valence-electron chi connectivity index (χ4n) is 3.09. The third kappa shape index (κ3) is 3.01. The summed E-state index contributed by atoms with van der Waals surface area (Å²) in [6, 6.07) is 15.6. The molecule has 1 aliphatic heterocycles. The third-order valence-electron chi connectivity index (χ3n) is 4.69. The Hall–Kier alpha value is -2.70. The lowest BCUT2D eigenvalue weighted by Gasteiger charge is -2.31. The zero-order valence-electron chi connectivity index (χ0n) is 13.8. The van der Waals surface area contributed by atoms with E-state index in [1.807, 2.05) is 53.1 Å². The summed E-state index contributed by atoms with van der Waals surface area (Å²) in [5.41, 5.74) is 9.08. The average Bonchev–Trinajstić information content (AvgIpc) is 3.07. The standard InChI is InChI=1S/C19H20N4O2/c20-19(9-11-25-12-10-19)18(24)22-14-5-7-15(8-6-14)23-13-21-16-3-1-2-4-17(16)23/h1-8,13H,9-12,20H2,(H,22,24). The topological polar surface area (TPSA) is 82.2 Å². The number of nitrogens with one attached hydrogen (secondary N) is 1. The second-order valence-electron chi connectivity index (χ2n) is 6.37. The lowest BCUT2D eigenvalue weighted by atomic mass is 9.90. The van der Waals surface area contributed by atoms with E-state index in [2.05, 4.69) is 10.3 Å². The van der Waals surface area contributed by atoms with Crippen molar-refractivity contribution in [1.82, 2.24) is 9.55 Å². The third-order valence-corrected chi connectivity index (χ3v) is 4.69. The Labute approximate surface area is 145 Å². The van der Waals surface area contributed by atoms with Crippen LogP contribution in [0.3, 0.4) is 0 Å². The number of nitrogens with two attached hydrogens (primary N) is 1. The van der Waals surface area contributed by atoms with Crippen molar-refractivity contribution in [2.45, 2.75) is 18.4 Å². The quantitative estimate of drug-likeness (QED) is 0.770. The molecule has 0 atom stereocenters. The number of hydrogen-bond acceptors (Lipinski definition) is 4. The minimum absolute atomic E-state index is 0.156. The van der Waals surface area contributed by atoms with Crippen LogP contribution in [-0.4, -0.2) is 34.2 Å². The monoisotopic (exact) mass is 336 g/mol. The fraction of sp³-hybridized carbons (Fsp3) is 0.263. The second kappa shape index (κ2) is 6.31. The van der Waals surface area contributed by atoms with E-state index >= 15 is 0 Å². The molecule has 1 aliphatic rings. The van der Waals surface area contributed by atoms with Gasteiger partial charge in [-0.3, -0.25) is 9.36 Å². The van der Waals surface area contributed by atoms with Gasteiger partial charge in [0.15, 0.2) is 0 Å². The molecule has 1 aromatic heterocycles. The highest BCUT2D eigenvalue weighted by molar-refractivity contribution is 5.98. The molecule has 0 bridgehead atoms. The minimum atomic E-state index is -0.850. The normalized spacial score (nSPS) is 16.7. The molecule has 6 heteroatoms.